The van der Waals surface area contributed by atoms with Gasteiger partial charge in [0.25, 0.3) is 0 Å². The molecule has 1 aliphatic heterocycles. The highest BCUT2D eigenvalue weighted by molar-refractivity contribution is 5.73. The second-order valence-electron chi connectivity index (χ2n) is 7.14. The zero-order valence-electron chi connectivity index (χ0n) is 14.0. The van der Waals surface area contributed by atoms with Crippen molar-refractivity contribution in [2.75, 3.05) is 7.11 Å². The van der Waals surface area contributed by atoms with Crippen LogP contribution in [0.15, 0.2) is 12.2 Å². The van der Waals surface area contributed by atoms with Crippen LogP contribution in [-0.2, 0) is 19.0 Å². The third-order valence-electron chi connectivity index (χ3n) is 3.46. The van der Waals surface area contributed by atoms with E-state index in [2.05, 4.69) is 26.8 Å². The van der Waals surface area contributed by atoms with Gasteiger partial charge in [-0.25, -0.2) is 4.79 Å². The van der Waals surface area contributed by atoms with Gasteiger partial charge in [0.15, 0.2) is 11.9 Å². The predicted octanol–water partition coefficient (Wildman–Crippen LogP) is 2.84. The van der Waals surface area contributed by atoms with Crippen LogP contribution in [-0.4, -0.2) is 42.3 Å². The second-order valence-corrected chi connectivity index (χ2v) is 7.14. The lowest BCUT2D eigenvalue weighted by molar-refractivity contribution is -0.322. The first-order chi connectivity index (χ1) is 9.47. The van der Waals surface area contributed by atoms with Crippen LogP contribution in [0.1, 0.15) is 41.5 Å². The van der Waals surface area contributed by atoms with E-state index in [0.717, 1.165) is 0 Å². The number of allylic oxidation sites excluding steroid dienone is 1. The molecule has 0 aromatic carbocycles. The van der Waals surface area contributed by atoms with Gasteiger partial charge < -0.3 is 19.3 Å². The molecule has 5 heteroatoms. The van der Waals surface area contributed by atoms with Crippen LogP contribution >= 0.6 is 0 Å². The van der Waals surface area contributed by atoms with E-state index < -0.39 is 24.0 Å². The van der Waals surface area contributed by atoms with Gasteiger partial charge in [-0.1, -0.05) is 39.8 Å². The minimum absolute atomic E-state index is 0.0362. The van der Waals surface area contributed by atoms with Gasteiger partial charge in [-0.15, -0.1) is 0 Å². The molecular weight excluding hydrogens is 272 g/mol. The number of carboxylic acids is 1. The van der Waals surface area contributed by atoms with Crippen molar-refractivity contribution in [3.05, 3.63) is 12.2 Å². The molecule has 1 N–H and O–H groups in total. The highest BCUT2D eigenvalue weighted by atomic mass is 16.7. The summed E-state index contributed by atoms with van der Waals surface area (Å²) in [5, 5.41) is 9.30. The second kappa shape index (κ2) is 6.46. The van der Waals surface area contributed by atoms with Crippen molar-refractivity contribution < 1.29 is 24.1 Å². The van der Waals surface area contributed by atoms with Crippen molar-refractivity contribution in [2.24, 2.45) is 11.3 Å². The average molecular weight is 300 g/mol. The number of ether oxygens (including phenoxy) is 3. The maximum Gasteiger partial charge on any atom is 0.335 e. The fourth-order valence-corrected chi connectivity index (χ4v) is 2.40. The van der Waals surface area contributed by atoms with Crippen molar-refractivity contribution in [3.8, 4) is 0 Å². The molecule has 0 radical (unpaired) electrons. The zero-order chi connectivity index (χ0) is 16.4. The lowest BCUT2D eigenvalue weighted by Gasteiger charge is -2.45. The number of methoxy groups -OCH3 is 1. The SMILES string of the molecule is CO[C@@H](C(=O)O)[C@@H]1OC(C)(C)O[C@H](/C=C/C(C)(C)C)[C@@H]1C. The molecule has 1 heterocycles. The third kappa shape index (κ3) is 5.09. The van der Waals surface area contributed by atoms with E-state index in [0.29, 0.717) is 0 Å². The number of hydrogen-bond donors (Lipinski definition) is 1. The monoisotopic (exact) mass is 300 g/mol. The summed E-state index contributed by atoms with van der Waals surface area (Å²) in [6, 6.07) is 0. The first-order valence-electron chi connectivity index (χ1n) is 7.27. The van der Waals surface area contributed by atoms with Gasteiger partial charge in [0.2, 0.25) is 0 Å². The molecule has 21 heavy (non-hydrogen) atoms. The first-order valence-corrected chi connectivity index (χ1v) is 7.27. The van der Waals surface area contributed by atoms with Gasteiger partial charge >= 0.3 is 5.97 Å². The Kier molecular flexibility index (Phi) is 5.58. The summed E-state index contributed by atoms with van der Waals surface area (Å²) < 4.78 is 16.8. The Morgan fingerprint density at radius 3 is 2.33 bits per heavy atom. The highest BCUT2D eigenvalue weighted by Crippen LogP contribution is 2.34. The molecule has 0 aromatic rings. The summed E-state index contributed by atoms with van der Waals surface area (Å²) in [7, 11) is 1.39. The van der Waals surface area contributed by atoms with Crippen LogP contribution in [0.2, 0.25) is 0 Å². The molecular formula is C16H28O5. The minimum Gasteiger partial charge on any atom is -0.479 e. The third-order valence-corrected chi connectivity index (χ3v) is 3.46. The molecule has 1 fully saturated rings. The van der Waals surface area contributed by atoms with Crippen molar-refractivity contribution >= 4 is 5.97 Å². The van der Waals surface area contributed by atoms with E-state index in [9.17, 15) is 9.90 Å². The maximum atomic E-state index is 11.3. The normalized spacial score (nSPS) is 31.3. The summed E-state index contributed by atoms with van der Waals surface area (Å²) >= 11 is 0. The van der Waals surface area contributed by atoms with Gasteiger partial charge in [0.1, 0.15) is 6.10 Å². The molecule has 0 unspecified atom stereocenters. The summed E-state index contributed by atoms with van der Waals surface area (Å²) in [5.41, 5.74) is 0.0362. The highest BCUT2D eigenvalue weighted by Gasteiger charge is 2.46. The largest absolute Gasteiger partial charge is 0.479 e. The number of hydrogen-bond acceptors (Lipinski definition) is 4. The Hall–Kier alpha value is -0.910. The molecule has 1 rings (SSSR count). The summed E-state index contributed by atoms with van der Waals surface area (Å²) in [6.45, 7) is 11.8. The molecule has 0 bridgehead atoms. The molecule has 0 spiro atoms. The van der Waals surface area contributed by atoms with Gasteiger partial charge in [-0.2, -0.15) is 0 Å². The quantitative estimate of drug-likeness (QED) is 0.809. The standard InChI is InChI=1S/C16H28O5/c1-10-11(8-9-15(2,3)4)20-16(5,6)21-12(10)13(19-7)14(17)18/h8-13H,1-7H3,(H,17,18)/b9-8+/t10-,11+,12+,13+/m0/s1. The van der Waals surface area contributed by atoms with Crippen LogP contribution in [0.25, 0.3) is 0 Å². The van der Waals surface area contributed by atoms with E-state index in [1.54, 1.807) is 13.8 Å². The molecule has 0 aliphatic carbocycles. The Morgan fingerprint density at radius 2 is 1.90 bits per heavy atom. The molecule has 122 valence electrons. The Bertz CT molecular complexity index is 394. The molecule has 0 aromatic heterocycles. The van der Waals surface area contributed by atoms with Gasteiger partial charge in [0, 0.05) is 13.0 Å². The zero-order valence-corrected chi connectivity index (χ0v) is 14.0. The van der Waals surface area contributed by atoms with Crippen molar-refractivity contribution in [3.63, 3.8) is 0 Å². The van der Waals surface area contributed by atoms with Crippen LogP contribution in [0.5, 0.6) is 0 Å². The lowest BCUT2D eigenvalue weighted by atomic mass is 9.88. The molecule has 1 saturated heterocycles. The Morgan fingerprint density at radius 1 is 1.33 bits per heavy atom. The van der Waals surface area contributed by atoms with E-state index >= 15 is 0 Å². The predicted molar refractivity (Wildman–Crippen MR) is 80.0 cm³/mol. The molecule has 0 amide bonds. The average Bonchev–Trinajstić information content (AvgIpc) is 2.30. The van der Waals surface area contributed by atoms with Crippen LogP contribution in [0.3, 0.4) is 0 Å². The fourth-order valence-electron chi connectivity index (χ4n) is 2.40. The van der Waals surface area contributed by atoms with Gasteiger partial charge in [0.05, 0.1) is 6.10 Å². The van der Waals surface area contributed by atoms with Crippen molar-refractivity contribution in [2.45, 2.75) is 65.6 Å². The topological polar surface area (TPSA) is 65.0 Å². The molecule has 1 aliphatic rings. The molecule has 5 nitrogen and oxygen atoms in total. The fraction of sp³-hybridized carbons (Fsp3) is 0.812. The van der Waals surface area contributed by atoms with E-state index in [-0.39, 0.29) is 17.4 Å². The first kappa shape index (κ1) is 18.1. The van der Waals surface area contributed by atoms with Crippen LogP contribution in [0.4, 0.5) is 0 Å². The van der Waals surface area contributed by atoms with Crippen LogP contribution in [0, 0.1) is 11.3 Å². The van der Waals surface area contributed by atoms with E-state index in [4.69, 9.17) is 14.2 Å². The van der Waals surface area contributed by atoms with Gasteiger partial charge in [-0.05, 0) is 19.3 Å². The number of rotatable bonds is 4. The Balaban J connectivity index is 3.01. The summed E-state index contributed by atoms with van der Waals surface area (Å²) in [4.78, 5) is 11.3. The molecule has 4 atom stereocenters. The molecule has 0 saturated carbocycles. The minimum atomic E-state index is -1.02. The summed E-state index contributed by atoms with van der Waals surface area (Å²) in [6.07, 6.45) is 2.29. The lowest BCUT2D eigenvalue weighted by Crippen LogP contribution is -2.55. The summed E-state index contributed by atoms with van der Waals surface area (Å²) in [5.74, 6) is -2.00. The maximum absolute atomic E-state index is 11.3. The van der Waals surface area contributed by atoms with E-state index in [1.807, 2.05) is 13.0 Å². The van der Waals surface area contributed by atoms with Gasteiger partial charge in [-0.3, -0.25) is 0 Å². The Labute approximate surface area is 127 Å². The van der Waals surface area contributed by atoms with Crippen molar-refractivity contribution in [1.29, 1.82) is 0 Å². The smallest absolute Gasteiger partial charge is 0.335 e. The number of carbonyl (C=O) groups is 1. The van der Waals surface area contributed by atoms with E-state index in [1.165, 1.54) is 7.11 Å². The van der Waals surface area contributed by atoms with Crippen LogP contribution < -0.4 is 0 Å². The number of aliphatic carboxylic acids is 1. The van der Waals surface area contributed by atoms with Crippen molar-refractivity contribution in [1.82, 2.24) is 0 Å². The number of carboxylic acid groups (broad SMARTS) is 1.